The lowest BCUT2D eigenvalue weighted by molar-refractivity contribution is 0.557. The molecule has 3 aromatic rings. The zero-order valence-electron chi connectivity index (χ0n) is 11.7. The number of nitrogens with zero attached hydrogens (tertiary/aromatic N) is 1. The van der Waals surface area contributed by atoms with Crippen LogP contribution in [0.5, 0.6) is 0 Å². The maximum absolute atomic E-state index is 13.5. The number of benzene rings is 1. The largest absolute Gasteiger partial charge is 0.448 e. The molecule has 2 heterocycles. The van der Waals surface area contributed by atoms with Crippen LogP contribution in [-0.2, 0) is 13.0 Å². The molecule has 0 aliphatic rings. The van der Waals surface area contributed by atoms with Crippen LogP contribution in [-0.4, -0.2) is 11.5 Å². The van der Waals surface area contributed by atoms with E-state index in [1.54, 1.807) is 17.4 Å². The summed E-state index contributed by atoms with van der Waals surface area (Å²) in [5, 5.41) is 4.27. The minimum absolute atomic E-state index is 0.149. The van der Waals surface area contributed by atoms with Crippen molar-refractivity contribution in [2.24, 2.45) is 0 Å². The Bertz CT molecular complexity index is 756. The van der Waals surface area contributed by atoms with E-state index in [-0.39, 0.29) is 5.82 Å². The van der Waals surface area contributed by atoms with Crippen molar-refractivity contribution in [2.75, 3.05) is 6.54 Å². The third-order valence-corrected chi connectivity index (χ3v) is 4.61. The highest BCUT2D eigenvalue weighted by molar-refractivity contribution is 9.10. The zero-order valence-corrected chi connectivity index (χ0v) is 14.1. The zero-order chi connectivity index (χ0) is 15.4. The number of rotatable bonds is 6. The predicted molar refractivity (Wildman–Crippen MR) is 89.3 cm³/mol. The predicted octanol–water partition coefficient (Wildman–Crippen LogP) is 4.64. The number of halogens is 2. The molecule has 22 heavy (non-hydrogen) atoms. The molecule has 0 radical (unpaired) electrons. The van der Waals surface area contributed by atoms with E-state index in [1.807, 2.05) is 30.5 Å². The van der Waals surface area contributed by atoms with Crippen LogP contribution >= 0.6 is 27.3 Å². The lowest BCUT2D eigenvalue weighted by Gasteiger charge is -2.04. The van der Waals surface area contributed by atoms with Gasteiger partial charge in [-0.2, -0.15) is 0 Å². The van der Waals surface area contributed by atoms with Crippen LogP contribution in [0.2, 0.25) is 0 Å². The molecule has 0 unspecified atom stereocenters. The van der Waals surface area contributed by atoms with E-state index in [1.165, 1.54) is 6.07 Å². The monoisotopic (exact) mass is 380 g/mol. The molecule has 0 bridgehead atoms. The summed E-state index contributed by atoms with van der Waals surface area (Å²) < 4.78 is 19.7. The molecule has 0 aliphatic carbocycles. The average Bonchev–Trinajstić information content (AvgIpc) is 3.14. The standard InChI is InChI=1S/C16H14BrFN2OS/c17-15-6-5-13(21-15)14-9-20-16(22-14)10-19-8-7-11-3-1-2-4-12(11)18/h1-6,9,19H,7-8,10H2. The van der Waals surface area contributed by atoms with Gasteiger partial charge in [-0.3, -0.25) is 0 Å². The van der Waals surface area contributed by atoms with E-state index in [0.717, 1.165) is 21.2 Å². The van der Waals surface area contributed by atoms with Gasteiger partial charge < -0.3 is 9.73 Å². The molecule has 1 aromatic carbocycles. The lowest BCUT2D eigenvalue weighted by Crippen LogP contribution is -2.16. The van der Waals surface area contributed by atoms with Crippen LogP contribution in [0.1, 0.15) is 10.6 Å². The third-order valence-electron chi connectivity index (χ3n) is 3.17. The van der Waals surface area contributed by atoms with Gasteiger partial charge in [0.1, 0.15) is 16.6 Å². The first-order valence-electron chi connectivity index (χ1n) is 6.87. The summed E-state index contributed by atoms with van der Waals surface area (Å²) in [5.74, 6) is 0.659. The van der Waals surface area contributed by atoms with Gasteiger partial charge >= 0.3 is 0 Å². The van der Waals surface area contributed by atoms with Crippen molar-refractivity contribution in [1.29, 1.82) is 0 Å². The SMILES string of the molecule is Fc1ccccc1CCNCc1ncc(-c2ccc(Br)o2)s1. The quantitative estimate of drug-likeness (QED) is 0.633. The fourth-order valence-electron chi connectivity index (χ4n) is 2.07. The van der Waals surface area contributed by atoms with Gasteiger partial charge in [-0.25, -0.2) is 9.37 Å². The van der Waals surface area contributed by atoms with Gasteiger partial charge in [0.25, 0.3) is 0 Å². The van der Waals surface area contributed by atoms with E-state index in [4.69, 9.17) is 4.42 Å². The summed E-state index contributed by atoms with van der Waals surface area (Å²) in [7, 11) is 0. The van der Waals surface area contributed by atoms with E-state index in [2.05, 4.69) is 26.2 Å². The Labute approximate surface area is 140 Å². The Kier molecular flexibility index (Phi) is 5.02. The van der Waals surface area contributed by atoms with Crippen molar-refractivity contribution in [2.45, 2.75) is 13.0 Å². The van der Waals surface area contributed by atoms with Gasteiger partial charge in [0, 0.05) is 12.7 Å². The minimum atomic E-state index is -0.149. The normalized spacial score (nSPS) is 11.0. The molecule has 114 valence electrons. The molecule has 3 rings (SSSR count). The van der Waals surface area contributed by atoms with E-state index in [0.29, 0.717) is 24.2 Å². The number of hydrogen-bond donors (Lipinski definition) is 1. The Balaban J connectivity index is 1.50. The van der Waals surface area contributed by atoms with Gasteiger partial charge in [-0.1, -0.05) is 18.2 Å². The summed E-state index contributed by atoms with van der Waals surface area (Å²) in [6.07, 6.45) is 2.47. The van der Waals surface area contributed by atoms with Crippen molar-refractivity contribution in [3.05, 3.63) is 63.7 Å². The van der Waals surface area contributed by atoms with Crippen LogP contribution in [0.4, 0.5) is 4.39 Å². The minimum Gasteiger partial charge on any atom is -0.448 e. The molecule has 1 N–H and O–H groups in total. The molecule has 2 aromatic heterocycles. The number of thiazole rings is 1. The maximum Gasteiger partial charge on any atom is 0.169 e. The van der Waals surface area contributed by atoms with Crippen LogP contribution in [0.25, 0.3) is 10.6 Å². The van der Waals surface area contributed by atoms with Gasteiger partial charge in [-0.15, -0.1) is 11.3 Å². The first-order valence-corrected chi connectivity index (χ1v) is 8.48. The summed E-state index contributed by atoms with van der Waals surface area (Å²) >= 11 is 4.88. The molecule has 0 atom stereocenters. The summed E-state index contributed by atoms with van der Waals surface area (Å²) in [6.45, 7) is 1.38. The Morgan fingerprint density at radius 1 is 1.23 bits per heavy atom. The van der Waals surface area contributed by atoms with E-state index < -0.39 is 0 Å². The molecule has 0 aliphatic heterocycles. The highest BCUT2D eigenvalue weighted by Gasteiger charge is 2.08. The van der Waals surface area contributed by atoms with Crippen molar-refractivity contribution >= 4 is 27.3 Å². The highest BCUT2D eigenvalue weighted by Crippen LogP contribution is 2.29. The molecule has 0 amide bonds. The molecule has 6 heteroatoms. The van der Waals surface area contributed by atoms with Gasteiger partial charge in [0.05, 0.1) is 4.88 Å². The van der Waals surface area contributed by atoms with Crippen LogP contribution < -0.4 is 5.32 Å². The second-order valence-electron chi connectivity index (χ2n) is 4.74. The Morgan fingerprint density at radius 3 is 2.86 bits per heavy atom. The van der Waals surface area contributed by atoms with E-state index >= 15 is 0 Å². The van der Waals surface area contributed by atoms with Crippen molar-refractivity contribution < 1.29 is 8.81 Å². The first kappa shape index (κ1) is 15.4. The molecular weight excluding hydrogens is 367 g/mol. The van der Waals surface area contributed by atoms with E-state index in [9.17, 15) is 4.39 Å². The summed E-state index contributed by atoms with van der Waals surface area (Å²) in [6, 6.07) is 10.6. The molecule has 3 nitrogen and oxygen atoms in total. The molecule has 0 saturated heterocycles. The maximum atomic E-state index is 13.5. The topological polar surface area (TPSA) is 38.1 Å². The smallest absolute Gasteiger partial charge is 0.169 e. The second-order valence-corrected chi connectivity index (χ2v) is 6.64. The van der Waals surface area contributed by atoms with Gasteiger partial charge in [0.15, 0.2) is 4.67 Å². The highest BCUT2D eigenvalue weighted by atomic mass is 79.9. The molecule has 0 fully saturated rings. The Morgan fingerprint density at radius 2 is 2.09 bits per heavy atom. The Hall–Kier alpha value is -1.50. The summed E-state index contributed by atoms with van der Waals surface area (Å²) in [4.78, 5) is 5.37. The molecule has 0 saturated carbocycles. The van der Waals surface area contributed by atoms with Crippen molar-refractivity contribution in [3.63, 3.8) is 0 Å². The number of hydrogen-bond acceptors (Lipinski definition) is 4. The van der Waals surface area contributed by atoms with Crippen LogP contribution in [0.15, 0.2) is 51.7 Å². The molecular formula is C16H14BrFN2OS. The van der Waals surface area contributed by atoms with Crippen molar-refractivity contribution in [3.8, 4) is 10.6 Å². The second kappa shape index (κ2) is 7.17. The fraction of sp³-hybridized carbons (Fsp3) is 0.188. The third kappa shape index (κ3) is 3.82. The number of aromatic nitrogens is 1. The number of furan rings is 1. The molecule has 0 spiro atoms. The van der Waals surface area contributed by atoms with Crippen LogP contribution in [0.3, 0.4) is 0 Å². The lowest BCUT2D eigenvalue weighted by atomic mass is 10.1. The van der Waals surface area contributed by atoms with Gasteiger partial charge in [0.2, 0.25) is 0 Å². The fourth-order valence-corrected chi connectivity index (χ4v) is 3.23. The first-order chi connectivity index (χ1) is 10.7. The van der Waals surface area contributed by atoms with Gasteiger partial charge in [-0.05, 0) is 52.7 Å². The summed E-state index contributed by atoms with van der Waals surface area (Å²) in [5.41, 5.74) is 0.732. The van der Waals surface area contributed by atoms with Crippen LogP contribution in [0, 0.1) is 5.82 Å². The number of nitrogens with one attached hydrogen (secondary N) is 1. The van der Waals surface area contributed by atoms with Crippen molar-refractivity contribution in [1.82, 2.24) is 10.3 Å². The average molecular weight is 381 g/mol.